The van der Waals surface area contributed by atoms with Crippen molar-refractivity contribution >= 4 is 11.6 Å². The van der Waals surface area contributed by atoms with E-state index in [2.05, 4.69) is 6.92 Å². The van der Waals surface area contributed by atoms with Gasteiger partial charge in [-0.05, 0) is 48.4 Å². The first-order valence-corrected chi connectivity index (χ1v) is 7.60. The molecule has 1 aliphatic rings. The average Bonchev–Trinajstić information content (AvgIpc) is 2.43. The molecule has 1 atom stereocenters. The molecule has 2 rings (SSSR count). The van der Waals surface area contributed by atoms with E-state index in [0.29, 0.717) is 22.9 Å². The molecule has 3 heteroatoms. The highest BCUT2D eigenvalue weighted by Gasteiger charge is 2.26. The van der Waals surface area contributed by atoms with Crippen LogP contribution in [0.3, 0.4) is 0 Å². The van der Waals surface area contributed by atoms with E-state index >= 15 is 0 Å². The van der Waals surface area contributed by atoms with Gasteiger partial charge in [-0.15, -0.1) is 0 Å². The lowest BCUT2D eigenvalue weighted by Crippen LogP contribution is -2.27. The SMILES string of the molecule is CCC1CCC(C(O)Cc2cc(F)ccc2Cl)CC1. The maximum atomic E-state index is 13.2. The molecule has 106 valence electrons. The van der Waals surface area contributed by atoms with Crippen molar-refractivity contribution in [2.24, 2.45) is 11.8 Å². The Hall–Kier alpha value is -0.600. The molecule has 0 aliphatic heterocycles. The number of benzene rings is 1. The van der Waals surface area contributed by atoms with E-state index in [9.17, 15) is 9.50 Å². The highest BCUT2D eigenvalue weighted by Crippen LogP contribution is 2.34. The Labute approximate surface area is 119 Å². The number of rotatable bonds is 4. The highest BCUT2D eigenvalue weighted by molar-refractivity contribution is 6.31. The molecule has 19 heavy (non-hydrogen) atoms. The number of hydrogen-bond acceptors (Lipinski definition) is 1. The Bertz CT molecular complexity index is 413. The second-order valence-corrected chi connectivity index (χ2v) is 6.10. The molecule has 1 aliphatic carbocycles. The molecule has 1 N–H and O–H groups in total. The third-order valence-corrected chi connectivity index (χ3v) is 4.82. The molecule has 1 fully saturated rings. The van der Waals surface area contributed by atoms with Crippen molar-refractivity contribution in [3.63, 3.8) is 0 Å². The van der Waals surface area contributed by atoms with E-state index in [1.54, 1.807) is 6.07 Å². The van der Waals surface area contributed by atoms with Crippen LogP contribution in [0.15, 0.2) is 18.2 Å². The van der Waals surface area contributed by atoms with Gasteiger partial charge in [-0.1, -0.05) is 37.8 Å². The zero-order valence-electron chi connectivity index (χ0n) is 11.4. The van der Waals surface area contributed by atoms with Crippen molar-refractivity contribution in [2.45, 2.75) is 51.6 Å². The number of aliphatic hydroxyl groups is 1. The topological polar surface area (TPSA) is 20.2 Å². The van der Waals surface area contributed by atoms with Gasteiger partial charge in [-0.3, -0.25) is 0 Å². The maximum absolute atomic E-state index is 13.2. The van der Waals surface area contributed by atoms with Crippen molar-refractivity contribution in [3.05, 3.63) is 34.6 Å². The van der Waals surface area contributed by atoms with Crippen LogP contribution in [0.2, 0.25) is 5.02 Å². The molecule has 0 bridgehead atoms. The van der Waals surface area contributed by atoms with Gasteiger partial charge in [0.05, 0.1) is 6.10 Å². The van der Waals surface area contributed by atoms with Gasteiger partial charge in [-0.25, -0.2) is 4.39 Å². The predicted octanol–water partition coefficient (Wildman–Crippen LogP) is 4.60. The van der Waals surface area contributed by atoms with Crippen molar-refractivity contribution < 1.29 is 9.50 Å². The highest BCUT2D eigenvalue weighted by atomic mass is 35.5. The molecule has 0 spiro atoms. The van der Waals surface area contributed by atoms with Gasteiger partial charge in [0, 0.05) is 11.4 Å². The Morgan fingerprint density at radius 2 is 2.00 bits per heavy atom. The molecule has 1 aromatic carbocycles. The summed E-state index contributed by atoms with van der Waals surface area (Å²) in [6.07, 6.45) is 5.84. The van der Waals surface area contributed by atoms with Crippen LogP contribution in [0.4, 0.5) is 4.39 Å². The molecule has 0 amide bonds. The maximum Gasteiger partial charge on any atom is 0.123 e. The summed E-state index contributed by atoms with van der Waals surface area (Å²) in [5.74, 6) is 0.865. The summed E-state index contributed by atoms with van der Waals surface area (Å²) in [4.78, 5) is 0. The fourth-order valence-corrected chi connectivity index (χ4v) is 3.27. The van der Waals surface area contributed by atoms with Crippen LogP contribution < -0.4 is 0 Å². The van der Waals surface area contributed by atoms with Crippen LogP contribution in [-0.2, 0) is 6.42 Å². The Balaban J connectivity index is 1.94. The molecule has 1 aromatic rings. The quantitative estimate of drug-likeness (QED) is 0.857. The summed E-state index contributed by atoms with van der Waals surface area (Å²) in [7, 11) is 0. The summed E-state index contributed by atoms with van der Waals surface area (Å²) in [6, 6.07) is 4.35. The average molecular weight is 285 g/mol. The number of halogens is 2. The minimum absolute atomic E-state index is 0.290. The minimum Gasteiger partial charge on any atom is -0.392 e. The lowest BCUT2D eigenvalue weighted by Gasteiger charge is -2.31. The first kappa shape index (κ1) is 14.8. The minimum atomic E-state index is -0.405. The van der Waals surface area contributed by atoms with Crippen molar-refractivity contribution in [1.82, 2.24) is 0 Å². The normalized spacial score (nSPS) is 25.3. The van der Waals surface area contributed by atoms with Gasteiger partial charge in [0.15, 0.2) is 0 Å². The second-order valence-electron chi connectivity index (χ2n) is 5.70. The third kappa shape index (κ3) is 3.93. The van der Waals surface area contributed by atoms with E-state index in [1.165, 1.54) is 31.4 Å². The Morgan fingerprint density at radius 3 is 2.63 bits per heavy atom. The van der Waals surface area contributed by atoms with Crippen LogP contribution in [0, 0.1) is 17.7 Å². The Morgan fingerprint density at radius 1 is 1.32 bits per heavy atom. The first-order valence-electron chi connectivity index (χ1n) is 7.22. The molecule has 1 unspecified atom stereocenters. The van der Waals surface area contributed by atoms with Gasteiger partial charge in [0.1, 0.15) is 5.82 Å². The summed E-state index contributed by atoms with van der Waals surface area (Å²) >= 11 is 6.05. The van der Waals surface area contributed by atoms with Gasteiger partial charge in [0.2, 0.25) is 0 Å². The second kappa shape index (κ2) is 6.71. The molecule has 0 heterocycles. The monoisotopic (exact) mass is 284 g/mol. The molecule has 0 radical (unpaired) electrons. The van der Waals surface area contributed by atoms with E-state index < -0.39 is 6.10 Å². The van der Waals surface area contributed by atoms with Gasteiger partial charge in [-0.2, -0.15) is 0 Å². The van der Waals surface area contributed by atoms with Crippen molar-refractivity contribution in [3.8, 4) is 0 Å². The summed E-state index contributed by atoms with van der Waals surface area (Å²) in [5.41, 5.74) is 0.715. The van der Waals surface area contributed by atoms with Crippen molar-refractivity contribution in [2.75, 3.05) is 0 Å². The van der Waals surface area contributed by atoms with Gasteiger partial charge in [0.25, 0.3) is 0 Å². The molecule has 0 aromatic heterocycles. The van der Waals surface area contributed by atoms with E-state index in [-0.39, 0.29) is 5.82 Å². The zero-order chi connectivity index (χ0) is 13.8. The Kier molecular flexibility index (Phi) is 5.23. The van der Waals surface area contributed by atoms with Crippen LogP contribution in [-0.4, -0.2) is 11.2 Å². The molecule has 1 nitrogen and oxygen atoms in total. The van der Waals surface area contributed by atoms with Gasteiger partial charge < -0.3 is 5.11 Å². The largest absolute Gasteiger partial charge is 0.392 e. The van der Waals surface area contributed by atoms with Crippen molar-refractivity contribution in [1.29, 1.82) is 0 Å². The lowest BCUT2D eigenvalue weighted by atomic mass is 9.77. The zero-order valence-corrected chi connectivity index (χ0v) is 12.2. The van der Waals surface area contributed by atoms with Crippen LogP contribution in [0.25, 0.3) is 0 Å². The lowest BCUT2D eigenvalue weighted by molar-refractivity contribution is 0.0735. The fourth-order valence-electron chi connectivity index (χ4n) is 3.07. The van der Waals surface area contributed by atoms with E-state index in [4.69, 9.17) is 11.6 Å². The van der Waals surface area contributed by atoms with Crippen LogP contribution in [0.5, 0.6) is 0 Å². The molecular weight excluding hydrogens is 263 g/mol. The predicted molar refractivity (Wildman–Crippen MR) is 76.9 cm³/mol. The van der Waals surface area contributed by atoms with E-state index in [0.717, 1.165) is 18.8 Å². The summed E-state index contributed by atoms with van der Waals surface area (Å²) in [6.45, 7) is 2.23. The van der Waals surface area contributed by atoms with Crippen LogP contribution >= 0.6 is 11.6 Å². The third-order valence-electron chi connectivity index (χ3n) is 4.45. The number of aliphatic hydroxyl groups excluding tert-OH is 1. The fraction of sp³-hybridized carbons (Fsp3) is 0.625. The van der Waals surface area contributed by atoms with Gasteiger partial charge >= 0.3 is 0 Å². The van der Waals surface area contributed by atoms with E-state index in [1.807, 2.05) is 0 Å². The van der Waals surface area contributed by atoms with Crippen LogP contribution in [0.1, 0.15) is 44.6 Å². The molecular formula is C16H22ClFO. The molecule has 1 saturated carbocycles. The first-order chi connectivity index (χ1) is 9.10. The standard InChI is InChI=1S/C16H22ClFO/c1-2-11-3-5-12(6-4-11)16(19)10-13-9-14(18)7-8-15(13)17/h7-9,11-12,16,19H,2-6,10H2,1H3. The molecule has 0 saturated heterocycles. The summed E-state index contributed by atoms with van der Waals surface area (Å²) < 4.78 is 13.2. The smallest absolute Gasteiger partial charge is 0.123 e. The number of hydrogen-bond donors (Lipinski definition) is 1. The summed E-state index contributed by atoms with van der Waals surface area (Å²) in [5, 5.41) is 10.9.